The summed E-state index contributed by atoms with van der Waals surface area (Å²) in [5.41, 5.74) is 4.16. The summed E-state index contributed by atoms with van der Waals surface area (Å²) in [6.07, 6.45) is 2.84. The second kappa shape index (κ2) is 7.92. The standard InChI is InChI=1S/C18H30N2O/c1-5-19-18(17-9-8-14(2)11-15(17)3)13-20-10-6-7-16(12-20)21-4/h8-9,11,16,18-19H,5-7,10,12-13H2,1-4H3. The van der Waals surface area contributed by atoms with Crippen molar-refractivity contribution in [2.45, 2.75) is 45.8 Å². The highest BCUT2D eigenvalue weighted by Gasteiger charge is 2.23. The zero-order valence-corrected chi connectivity index (χ0v) is 14.0. The number of nitrogens with zero attached hydrogens (tertiary/aromatic N) is 1. The number of methoxy groups -OCH3 is 1. The lowest BCUT2D eigenvalue weighted by Crippen LogP contribution is -2.43. The van der Waals surface area contributed by atoms with Gasteiger partial charge in [-0.25, -0.2) is 0 Å². The number of ether oxygens (including phenoxy) is 1. The van der Waals surface area contributed by atoms with Crippen molar-refractivity contribution in [3.8, 4) is 0 Å². The van der Waals surface area contributed by atoms with Crippen molar-refractivity contribution in [3.05, 3.63) is 34.9 Å². The SMILES string of the molecule is CCNC(CN1CCCC(OC)C1)c1ccc(C)cc1C. The lowest BCUT2D eigenvalue weighted by Gasteiger charge is -2.35. The van der Waals surface area contributed by atoms with Crippen LogP contribution in [0.1, 0.15) is 42.5 Å². The highest BCUT2D eigenvalue weighted by atomic mass is 16.5. The minimum absolute atomic E-state index is 0.403. The summed E-state index contributed by atoms with van der Waals surface area (Å²) < 4.78 is 5.55. The van der Waals surface area contributed by atoms with Crippen molar-refractivity contribution >= 4 is 0 Å². The Morgan fingerprint density at radius 2 is 2.19 bits per heavy atom. The molecule has 1 heterocycles. The van der Waals surface area contributed by atoms with Crippen molar-refractivity contribution in [1.82, 2.24) is 10.2 Å². The van der Waals surface area contributed by atoms with E-state index in [2.05, 4.69) is 49.2 Å². The minimum atomic E-state index is 0.403. The van der Waals surface area contributed by atoms with Crippen LogP contribution in [0.3, 0.4) is 0 Å². The Morgan fingerprint density at radius 1 is 1.38 bits per heavy atom. The molecular weight excluding hydrogens is 260 g/mol. The molecule has 1 N–H and O–H groups in total. The first-order valence-corrected chi connectivity index (χ1v) is 8.19. The Kier molecular flexibility index (Phi) is 6.22. The molecule has 0 bridgehead atoms. The van der Waals surface area contributed by atoms with Gasteiger partial charge in [-0.3, -0.25) is 4.90 Å². The summed E-state index contributed by atoms with van der Waals surface area (Å²) in [6, 6.07) is 7.20. The highest BCUT2D eigenvalue weighted by Crippen LogP contribution is 2.22. The zero-order chi connectivity index (χ0) is 15.2. The molecule has 2 unspecified atom stereocenters. The normalized spacial score (nSPS) is 21.4. The molecular formula is C18H30N2O. The Labute approximate surface area is 129 Å². The van der Waals surface area contributed by atoms with E-state index < -0.39 is 0 Å². The number of rotatable bonds is 6. The molecule has 0 amide bonds. The van der Waals surface area contributed by atoms with Gasteiger partial charge in [0.25, 0.3) is 0 Å². The van der Waals surface area contributed by atoms with E-state index in [-0.39, 0.29) is 0 Å². The van der Waals surface area contributed by atoms with E-state index in [0.29, 0.717) is 12.1 Å². The highest BCUT2D eigenvalue weighted by molar-refractivity contribution is 5.33. The predicted octanol–water partition coefficient (Wildman–Crippen LogP) is 3.06. The maximum atomic E-state index is 5.55. The molecule has 0 radical (unpaired) electrons. The largest absolute Gasteiger partial charge is 0.380 e. The van der Waals surface area contributed by atoms with Crippen LogP contribution >= 0.6 is 0 Å². The van der Waals surface area contributed by atoms with Gasteiger partial charge in [0.05, 0.1) is 6.10 Å². The van der Waals surface area contributed by atoms with Gasteiger partial charge in [0.1, 0.15) is 0 Å². The van der Waals surface area contributed by atoms with Crippen LogP contribution in [0.15, 0.2) is 18.2 Å². The van der Waals surface area contributed by atoms with E-state index in [1.807, 2.05) is 7.11 Å². The van der Waals surface area contributed by atoms with Crippen LogP contribution in [0.2, 0.25) is 0 Å². The second-order valence-corrected chi connectivity index (χ2v) is 6.23. The van der Waals surface area contributed by atoms with Crippen LogP contribution < -0.4 is 5.32 Å². The first-order valence-electron chi connectivity index (χ1n) is 8.19. The topological polar surface area (TPSA) is 24.5 Å². The zero-order valence-electron chi connectivity index (χ0n) is 14.0. The second-order valence-electron chi connectivity index (χ2n) is 6.23. The average Bonchev–Trinajstić information content (AvgIpc) is 2.47. The van der Waals surface area contributed by atoms with Crippen LogP contribution in [0.25, 0.3) is 0 Å². The number of hydrogen-bond acceptors (Lipinski definition) is 3. The van der Waals surface area contributed by atoms with Crippen LogP contribution in [0.5, 0.6) is 0 Å². The summed E-state index contributed by atoms with van der Waals surface area (Å²) in [5, 5.41) is 3.66. The molecule has 1 aromatic rings. The van der Waals surface area contributed by atoms with Crippen LogP contribution in [0.4, 0.5) is 0 Å². The summed E-state index contributed by atoms with van der Waals surface area (Å²) >= 11 is 0. The number of hydrogen-bond donors (Lipinski definition) is 1. The Morgan fingerprint density at radius 3 is 2.86 bits per heavy atom. The van der Waals surface area contributed by atoms with Gasteiger partial charge in [-0.05, 0) is 50.9 Å². The van der Waals surface area contributed by atoms with E-state index in [1.54, 1.807) is 0 Å². The van der Waals surface area contributed by atoms with E-state index >= 15 is 0 Å². The van der Waals surface area contributed by atoms with Crippen molar-refractivity contribution in [3.63, 3.8) is 0 Å². The van der Waals surface area contributed by atoms with Gasteiger partial charge < -0.3 is 10.1 Å². The maximum Gasteiger partial charge on any atom is 0.0698 e. The molecule has 0 spiro atoms. The summed E-state index contributed by atoms with van der Waals surface area (Å²) in [4.78, 5) is 2.55. The number of benzene rings is 1. The third-order valence-corrected chi connectivity index (χ3v) is 4.49. The molecule has 1 saturated heterocycles. The summed E-state index contributed by atoms with van der Waals surface area (Å²) in [5.74, 6) is 0. The molecule has 1 aliphatic heterocycles. The van der Waals surface area contributed by atoms with Crippen molar-refractivity contribution < 1.29 is 4.74 Å². The molecule has 1 aliphatic rings. The molecule has 1 aromatic carbocycles. The third kappa shape index (κ3) is 4.53. The smallest absolute Gasteiger partial charge is 0.0698 e. The number of piperidine rings is 1. The first kappa shape index (κ1) is 16.5. The lowest BCUT2D eigenvalue weighted by molar-refractivity contribution is 0.0281. The fourth-order valence-corrected chi connectivity index (χ4v) is 3.37. The molecule has 21 heavy (non-hydrogen) atoms. The quantitative estimate of drug-likeness (QED) is 0.871. The van der Waals surface area contributed by atoms with Gasteiger partial charge in [0.2, 0.25) is 0 Å². The fraction of sp³-hybridized carbons (Fsp3) is 0.667. The number of likely N-dealkylation sites (tertiary alicyclic amines) is 1. The van der Waals surface area contributed by atoms with Crippen molar-refractivity contribution in [2.24, 2.45) is 0 Å². The monoisotopic (exact) mass is 290 g/mol. The Hall–Kier alpha value is -0.900. The molecule has 2 atom stereocenters. The first-order chi connectivity index (χ1) is 10.1. The Balaban J connectivity index is 2.07. The van der Waals surface area contributed by atoms with E-state index in [1.165, 1.54) is 36.1 Å². The number of aryl methyl sites for hydroxylation is 2. The van der Waals surface area contributed by atoms with Gasteiger partial charge in [-0.15, -0.1) is 0 Å². The molecule has 0 aliphatic carbocycles. The molecule has 2 rings (SSSR count). The summed E-state index contributed by atoms with van der Waals surface area (Å²) in [7, 11) is 1.83. The molecule has 0 aromatic heterocycles. The molecule has 1 fully saturated rings. The van der Waals surface area contributed by atoms with Gasteiger partial charge in [0, 0.05) is 26.2 Å². The van der Waals surface area contributed by atoms with Crippen LogP contribution in [-0.4, -0.2) is 44.3 Å². The average molecular weight is 290 g/mol. The molecule has 118 valence electrons. The molecule has 3 heteroatoms. The van der Waals surface area contributed by atoms with Crippen LogP contribution in [-0.2, 0) is 4.74 Å². The molecule has 3 nitrogen and oxygen atoms in total. The van der Waals surface area contributed by atoms with Crippen molar-refractivity contribution in [2.75, 3.05) is 33.3 Å². The van der Waals surface area contributed by atoms with Crippen molar-refractivity contribution in [1.29, 1.82) is 0 Å². The minimum Gasteiger partial charge on any atom is -0.380 e. The Bertz CT molecular complexity index is 447. The van der Waals surface area contributed by atoms with Crippen LogP contribution in [0, 0.1) is 13.8 Å². The van der Waals surface area contributed by atoms with E-state index in [0.717, 1.165) is 19.6 Å². The van der Waals surface area contributed by atoms with E-state index in [9.17, 15) is 0 Å². The predicted molar refractivity (Wildman–Crippen MR) is 88.8 cm³/mol. The van der Waals surface area contributed by atoms with Gasteiger partial charge in [0.15, 0.2) is 0 Å². The third-order valence-electron chi connectivity index (χ3n) is 4.49. The molecule has 0 saturated carbocycles. The van der Waals surface area contributed by atoms with Gasteiger partial charge in [-0.1, -0.05) is 30.7 Å². The van der Waals surface area contributed by atoms with E-state index in [4.69, 9.17) is 4.74 Å². The van der Waals surface area contributed by atoms with Gasteiger partial charge in [-0.2, -0.15) is 0 Å². The number of likely N-dealkylation sites (N-methyl/N-ethyl adjacent to an activating group) is 1. The van der Waals surface area contributed by atoms with Gasteiger partial charge >= 0.3 is 0 Å². The fourth-order valence-electron chi connectivity index (χ4n) is 3.37. The maximum absolute atomic E-state index is 5.55. The number of nitrogens with one attached hydrogen (secondary N) is 1. The summed E-state index contributed by atoms with van der Waals surface area (Å²) in [6.45, 7) is 10.9. The lowest BCUT2D eigenvalue weighted by atomic mass is 9.97.